The number of rotatable bonds is 13. The topological polar surface area (TPSA) is 111 Å². The monoisotopic (exact) mass is 725 g/mol. The Bertz CT molecular complexity index is 2240. The zero-order valence-corrected chi connectivity index (χ0v) is 29.3. The van der Waals surface area contributed by atoms with Crippen molar-refractivity contribution in [1.82, 2.24) is 9.55 Å². The lowest BCUT2D eigenvalue weighted by atomic mass is 10.0. The van der Waals surface area contributed by atoms with Crippen LogP contribution in [0.25, 0.3) is 22.4 Å². The van der Waals surface area contributed by atoms with Crippen LogP contribution in [0.5, 0.6) is 11.5 Å². The molecule has 0 amide bonds. The third kappa shape index (κ3) is 8.55. The number of carboxylic acids is 1. The maximum Gasteiger partial charge on any atom is 0.335 e. The van der Waals surface area contributed by atoms with Crippen LogP contribution >= 0.6 is 23.2 Å². The summed E-state index contributed by atoms with van der Waals surface area (Å²) >= 11 is 12.5. The molecule has 2 N–H and O–H groups in total. The van der Waals surface area contributed by atoms with Gasteiger partial charge in [-0.05, 0) is 84.1 Å². The number of anilines is 1. The molecule has 5 aromatic carbocycles. The van der Waals surface area contributed by atoms with Gasteiger partial charge in [0, 0.05) is 29.7 Å². The van der Waals surface area contributed by atoms with Crippen molar-refractivity contribution in [2.45, 2.75) is 26.3 Å². The van der Waals surface area contributed by atoms with Gasteiger partial charge in [-0.3, -0.25) is 4.72 Å². The number of nitrogens with one attached hydrogen (secondary N) is 1. The average Bonchev–Trinajstić information content (AvgIpc) is 3.51. The van der Waals surface area contributed by atoms with Crippen LogP contribution in [-0.4, -0.2) is 34.8 Å². The van der Waals surface area contributed by atoms with E-state index >= 15 is 0 Å². The maximum absolute atomic E-state index is 13.0. The highest BCUT2D eigenvalue weighted by molar-refractivity contribution is 7.92. The number of nitrogens with zero attached hydrogens (tertiary/aromatic N) is 2. The number of aryl methyl sites for hydroxylation is 2. The number of aromatic nitrogens is 2. The summed E-state index contributed by atoms with van der Waals surface area (Å²) < 4.78 is 36.6. The van der Waals surface area contributed by atoms with E-state index in [0.29, 0.717) is 28.6 Å². The third-order valence-electron chi connectivity index (χ3n) is 8.13. The Kier molecular flexibility index (Phi) is 10.6. The third-order valence-corrected chi connectivity index (χ3v) is 9.95. The molecule has 11 heteroatoms. The molecule has 0 unspecified atom stereocenters. The maximum atomic E-state index is 13.0. The minimum Gasteiger partial charge on any atom is -0.478 e. The molecule has 0 spiro atoms. The van der Waals surface area contributed by atoms with E-state index in [9.17, 15) is 18.3 Å². The number of ether oxygens (including phenoxy) is 1. The summed E-state index contributed by atoms with van der Waals surface area (Å²) in [4.78, 5) is 16.5. The Morgan fingerprint density at radius 3 is 2.22 bits per heavy atom. The molecule has 6 aromatic rings. The summed E-state index contributed by atoms with van der Waals surface area (Å²) in [7, 11) is -3.81. The molecule has 254 valence electrons. The van der Waals surface area contributed by atoms with E-state index in [0.717, 1.165) is 45.9 Å². The Morgan fingerprint density at radius 1 is 0.860 bits per heavy atom. The molecule has 0 aliphatic carbocycles. The summed E-state index contributed by atoms with van der Waals surface area (Å²) in [5.74, 6) is 0.211. The Hall–Kier alpha value is -5.09. The number of imidazole rings is 1. The van der Waals surface area contributed by atoms with Crippen LogP contribution in [0.1, 0.15) is 34.2 Å². The molecular formula is C39H33Cl2N3O5S. The number of benzene rings is 5. The summed E-state index contributed by atoms with van der Waals surface area (Å²) in [6.45, 7) is 2.85. The van der Waals surface area contributed by atoms with E-state index < -0.39 is 16.0 Å². The van der Waals surface area contributed by atoms with Crippen molar-refractivity contribution in [2.24, 2.45) is 0 Å². The predicted octanol–water partition coefficient (Wildman–Crippen LogP) is 9.61. The summed E-state index contributed by atoms with van der Waals surface area (Å²) in [6, 6.07) is 34.4. The second kappa shape index (κ2) is 15.2. The first-order chi connectivity index (χ1) is 24.1. The molecular weight excluding hydrogens is 693 g/mol. The lowest BCUT2D eigenvalue weighted by Crippen LogP contribution is -2.19. The van der Waals surface area contributed by atoms with Crippen molar-refractivity contribution in [3.05, 3.63) is 154 Å². The van der Waals surface area contributed by atoms with Gasteiger partial charge < -0.3 is 14.4 Å². The van der Waals surface area contributed by atoms with Crippen LogP contribution in [0.3, 0.4) is 0 Å². The molecule has 0 aliphatic rings. The number of carbonyl (C=O) groups is 1. The van der Waals surface area contributed by atoms with Crippen molar-refractivity contribution in [2.75, 3.05) is 10.5 Å². The quantitative estimate of drug-likeness (QED) is 0.123. The largest absolute Gasteiger partial charge is 0.478 e. The number of carboxylic acid groups (broad SMARTS) is 1. The zero-order chi connectivity index (χ0) is 35.3. The summed E-state index contributed by atoms with van der Waals surface area (Å²) in [5.41, 5.74) is 5.56. The highest BCUT2D eigenvalue weighted by Gasteiger charge is 2.18. The molecule has 0 bridgehead atoms. The van der Waals surface area contributed by atoms with Crippen LogP contribution in [-0.2, 0) is 29.4 Å². The fourth-order valence-electron chi connectivity index (χ4n) is 5.48. The first kappa shape index (κ1) is 34.8. The van der Waals surface area contributed by atoms with Gasteiger partial charge in [0.15, 0.2) is 5.75 Å². The number of aromatic carboxylic acids is 1. The molecule has 6 rings (SSSR count). The first-order valence-corrected chi connectivity index (χ1v) is 18.3. The van der Waals surface area contributed by atoms with Crippen molar-refractivity contribution in [3.63, 3.8) is 0 Å². The van der Waals surface area contributed by atoms with Gasteiger partial charge in [-0.2, -0.15) is 0 Å². The number of sulfonamides is 1. The zero-order valence-electron chi connectivity index (χ0n) is 27.0. The fourth-order valence-corrected chi connectivity index (χ4v) is 7.09. The molecule has 0 saturated heterocycles. The SMILES string of the molecule is CCn1cc(-c2ccc(Cl)cc2Cl)nc1Cc1ccc(-c2ccc(Oc3ccc(C(=O)O)cc3NS(=O)(=O)CCc3ccccc3)cc2)cc1. The van der Waals surface area contributed by atoms with E-state index in [4.69, 9.17) is 32.9 Å². The van der Waals surface area contributed by atoms with Crippen LogP contribution in [0.15, 0.2) is 121 Å². The Balaban J connectivity index is 1.14. The second-order valence-corrected chi connectivity index (χ2v) is 14.3. The summed E-state index contributed by atoms with van der Waals surface area (Å²) in [5, 5.41) is 10.7. The molecule has 0 aliphatic heterocycles. The van der Waals surface area contributed by atoms with Crippen molar-refractivity contribution < 1.29 is 23.1 Å². The minimum absolute atomic E-state index is 0.0460. The second-order valence-electron chi connectivity index (χ2n) is 11.6. The van der Waals surface area contributed by atoms with Gasteiger partial charge in [-0.15, -0.1) is 0 Å². The fraction of sp³-hybridized carbons (Fsp3) is 0.128. The molecule has 50 heavy (non-hydrogen) atoms. The molecule has 0 atom stereocenters. The normalized spacial score (nSPS) is 11.3. The van der Waals surface area contributed by atoms with Crippen molar-refractivity contribution in [3.8, 4) is 33.9 Å². The number of hydrogen-bond donors (Lipinski definition) is 2. The lowest BCUT2D eigenvalue weighted by molar-refractivity contribution is 0.0697. The smallest absolute Gasteiger partial charge is 0.335 e. The van der Waals surface area contributed by atoms with Crippen molar-refractivity contribution >= 4 is 44.9 Å². The lowest BCUT2D eigenvalue weighted by Gasteiger charge is -2.15. The number of halogens is 2. The molecule has 8 nitrogen and oxygen atoms in total. The van der Waals surface area contributed by atoms with Crippen LogP contribution in [0, 0.1) is 0 Å². The van der Waals surface area contributed by atoms with Gasteiger partial charge in [0.2, 0.25) is 10.0 Å². The van der Waals surface area contributed by atoms with Gasteiger partial charge in [-0.25, -0.2) is 18.2 Å². The predicted molar refractivity (Wildman–Crippen MR) is 199 cm³/mol. The van der Waals surface area contributed by atoms with E-state index in [-0.39, 0.29) is 22.8 Å². The van der Waals surface area contributed by atoms with Crippen molar-refractivity contribution in [1.29, 1.82) is 0 Å². The minimum atomic E-state index is -3.81. The van der Waals surface area contributed by atoms with E-state index in [1.54, 1.807) is 24.3 Å². The van der Waals surface area contributed by atoms with Gasteiger partial charge in [0.25, 0.3) is 0 Å². The average molecular weight is 727 g/mol. The molecule has 0 radical (unpaired) electrons. The van der Waals surface area contributed by atoms with Crippen LogP contribution in [0.2, 0.25) is 10.0 Å². The standard InChI is InChI=1S/C39H33Cl2N3O5S/c1-2-44-25-36(33-18-15-31(40)24-34(33)41)42-38(44)22-27-8-10-28(11-9-27)29-12-16-32(17-13-29)49-37-19-14-30(39(45)46)23-35(37)43-50(47,48)21-20-26-6-4-3-5-7-26/h3-19,23-25,43H,2,20-22H2,1H3,(H,45,46). The molecule has 0 fully saturated rings. The highest BCUT2D eigenvalue weighted by Crippen LogP contribution is 2.34. The van der Waals surface area contributed by atoms with Gasteiger partial charge in [0.1, 0.15) is 11.6 Å². The highest BCUT2D eigenvalue weighted by atomic mass is 35.5. The van der Waals surface area contributed by atoms with E-state index in [1.807, 2.05) is 66.9 Å². The van der Waals surface area contributed by atoms with Gasteiger partial charge in [0.05, 0.1) is 27.7 Å². The Morgan fingerprint density at radius 2 is 1.56 bits per heavy atom. The van der Waals surface area contributed by atoms with Crippen LogP contribution in [0.4, 0.5) is 5.69 Å². The number of hydrogen-bond acceptors (Lipinski definition) is 5. The summed E-state index contributed by atoms with van der Waals surface area (Å²) in [6.07, 6.45) is 2.95. The Labute approximate surface area is 301 Å². The van der Waals surface area contributed by atoms with Gasteiger partial charge in [-0.1, -0.05) is 89.9 Å². The van der Waals surface area contributed by atoms with E-state index in [1.165, 1.54) is 18.2 Å². The molecule has 1 aromatic heterocycles. The van der Waals surface area contributed by atoms with Gasteiger partial charge >= 0.3 is 5.97 Å². The molecule has 0 saturated carbocycles. The first-order valence-electron chi connectivity index (χ1n) is 15.9. The van der Waals surface area contributed by atoms with Crippen LogP contribution < -0.4 is 9.46 Å². The van der Waals surface area contributed by atoms with E-state index in [2.05, 4.69) is 28.3 Å². The molecule has 1 heterocycles.